The van der Waals surface area contributed by atoms with Crippen LogP contribution in [-0.2, 0) is 30.4 Å². The lowest BCUT2D eigenvalue weighted by Gasteiger charge is -2.27. The fourth-order valence-corrected chi connectivity index (χ4v) is 7.34. The topological polar surface area (TPSA) is 150 Å². The number of hydrogen-bond acceptors (Lipinski definition) is 7. The van der Waals surface area contributed by atoms with Crippen molar-refractivity contribution >= 4 is 53.9 Å². The number of fused-ring (bicyclic) bond motifs is 3. The van der Waals surface area contributed by atoms with Crippen LogP contribution in [0.4, 0.5) is 11.4 Å². The summed E-state index contributed by atoms with van der Waals surface area (Å²) in [6.45, 7) is 9.50. The SMILES string of the molecule is CC(C)CCN1/C(=C/C=C2\C(=O)N(c3ccc(S(N)(=O)=O)cc3)N=C2c2ccc(S(=O)(=O)O)cc2)C(C)(C)c2c1ccc1ccccc21. The van der Waals surface area contributed by atoms with Crippen molar-refractivity contribution in [1.29, 1.82) is 0 Å². The molecule has 4 aromatic carbocycles. The summed E-state index contributed by atoms with van der Waals surface area (Å²) < 4.78 is 56.6. The molecule has 0 fully saturated rings. The van der Waals surface area contributed by atoms with Gasteiger partial charge in [0, 0.05) is 28.9 Å². The third kappa shape index (κ3) is 6.08. The van der Waals surface area contributed by atoms with Gasteiger partial charge in [0.05, 0.1) is 21.1 Å². The molecule has 1 amide bonds. The molecule has 48 heavy (non-hydrogen) atoms. The highest BCUT2D eigenvalue weighted by atomic mass is 32.2. The summed E-state index contributed by atoms with van der Waals surface area (Å²) in [5, 5.41) is 13.4. The molecule has 4 aromatic rings. The highest BCUT2D eigenvalue weighted by molar-refractivity contribution is 7.89. The third-order valence-electron chi connectivity index (χ3n) is 8.81. The van der Waals surface area contributed by atoms with Crippen LogP contribution >= 0.6 is 0 Å². The normalized spacial score (nSPS) is 18.0. The molecule has 6 rings (SSSR count). The van der Waals surface area contributed by atoms with Crippen molar-refractivity contribution in [1.82, 2.24) is 0 Å². The monoisotopic (exact) mass is 684 g/mol. The second-order valence-corrected chi connectivity index (χ2v) is 15.9. The van der Waals surface area contributed by atoms with Gasteiger partial charge in [0.25, 0.3) is 16.0 Å². The summed E-state index contributed by atoms with van der Waals surface area (Å²) in [7, 11) is -8.39. The first kappa shape index (κ1) is 33.3. The summed E-state index contributed by atoms with van der Waals surface area (Å²) in [5.74, 6) is 0.00356. The molecule has 0 spiro atoms. The van der Waals surface area contributed by atoms with Gasteiger partial charge >= 0.3 is 0 Å². The highest BCUT2D eigenvalue weighted by Crippen LogP contribution is 2.51. The largest absolute Gasteiger partial charge is 0.344 e. The predicted octanol–water partition coefficient (Wildman–Crippen LogP) is 6.14. The Hall–Kier alpha value is -4.62. The second-order valence-electron chi connectivity index (χ2n) is 12.9. The van der Waals surface area contributed by atoms with Gasteiger partial charge in [0.1, 0.15) is 5.71 Å². The summed E-state index contributed by atoms with van der Waals surface area (Å²) in [5.41, 5.74) is 4.19. The number of nitrogens with two attached hydrogens (primary N) is 1. The molecule has 0 unspecified atom stereocenters. The number of amides is 1. The van der Waals surface area contributed by atoms with Gasteiger partial charge in [-0.05, 0) is 83.3 Å². The van der Waals surface area contributed by atoms with Gasteiger partial charge in [0.2, 0.25) is 10.0 Å². The zero-order valence-electron chi connectivity index (χ0n) is 27.0. The lowest BCUT2D eigenvalue weighted by Crippen LogP contribution is -2.28. The van der Waals surface area contributed by atoms with E-state index in [-0.39, 0.29) is 21.1 Å². The lowest BCUT2D eigenvalue weighted by molar-refractivity contribution is -0.114. The molecule has 0 radical (unpaired) electrons. The zero-order valence-corrected chi connectivity index (χ0v) is 28.6. The second kappa shape index (κ2) is 12.1. The van der Waals surface area contributed by atoms with Gasteiger partial charge in [-0.2, -0.15) is 18.5 Å². The average molecular weight is 685 g/mol. The van der Waals surface area contributed by atoms with Gasteiger partial charge < -0.3 is 4.90 Å². The first-order valence-electron chi connectivity index (χ1n) is 15.4. The molecule has 0 aliphatic carbocycles. The quantitative estimate of drug-likeness (QED) is 0.167. The van der Waals surface area contributed by atoms with Crippen LogP contribution in [0.1, 0.15) is 45.2 Å². The Kier molecular flexibility index (Phi) is 8.40. The van der Waals surface area contributed by atoms with Crippen molar-refractivity contribution in [3.8, 4) is 0 Å². The Labute approximate surface area is 280 Å². The lowest BCUT2D eigenvalue weighted by atomic mass is 9.81. The van der Waals surface area contributed by atoms with Gasteiger partial charge in [-0.25, -0.2) is 13.6 Å². The number of benzene rings is 4. The Balaban J connectivity index is 1.49. The first-order valence-corrected chi connectivity index (χ1v) is 18.4. The average Bonchev–Trinajstić information content (AvgIpc) is 3.47. The standard InChI is InChI=1S/C36H36N4O6S2/c1-23(2)21-22-39-31-19-11-24-7-5-6-8-29(24)33(31)36(3,4)32(39)20-18-30-34(25-9-14-28(15-10-25)48(44,45)46)38-40(35(30)41)26-12-16-27(17-13-26)47(37,42)43/h5-20,23H,21-22H2,1-4H3,(H2,37,42,43)(H,44,45,46)/b30-18-,32-20+. The van der Waals surface area contributed by atoms with Crippen molar-refractivity contribution in [2.75, 3.05) is 16.5 Å². The van der Waals surface area contributed by atoms with Crippen LogP contribution in [0.5, 0.6) is 0 Å². The molecule has 0 bridgehead atoms. The fraction of sp³-hybridized carbons (Fsp3) is 0.222. The molecule has 0 aromatic heterocycles. The van der Waals surface area contributed by atoms with E-state index >= 15 is 0 Å². The van der Waals surface area contributed by atoms with Crippen molar-refractivity contribution in [3.63, 3.8) is 0 Å². The van der Waals surface area contributed by atoms with E-state index in [2.05, 4.69) is 62.0 Å². The summed E-state index contributed by atoms with van der Waals surface area (Å²) in [6.07, 6.45) is 4.65. The number of carbonyl (C=O) groups excluding carboxylic acids is 1. The molecule has 3 N–H and O–H groups in total. The van der Waals surface area contributed by atoms with Crippen LogP contribution in [0.2, 0.25) is 0 Å². The van der Waals surface area contributed by atoms with Crippen LogP contribution < -0.4 is 15.0 Å². The number of carbonyl (C=O) groups is 1. The summed E-state index contributed by atoms with van der Waals surface area (Å²) >= 11 is 0. The molecule has 0 saturated heterocycles. The van der Waals surface area contributed by atoms with Gasteiger partial charge in [0.15, 0.2) is 0 Å². The molecule has 2 aliphatic rings. The number of nitrogens with zero attached hydrogens (tertiary/aromatic N) is 3. The summed E-state index contributed by atoms with van der Waals surface area (Å²) in [4.78, 5) is 16.0. The molecular formula is C36H36N4O6S2. The van der Waals surface area contributed by atoms with Gasteiger partial charge in [-0.1, -0.05) is 70.2 Å². The molecule has 2 heterocycles. The number of sulfonamides is 1. The van der Waals surface area contributed by atoms with E-state index in [9.17, 15) is 26.2 Å². The molecule has 248 valence electrons. The van der Waals surface area contributed by atoms with Crippen molar-refractivity contribution in [3.05, 3.63) is 119 Å². The van der Waals surface area contributed by atoms with Crippen LogP contribution in [0.15, 0.2) is 123 Å². The van der Waals surface area contributed by atoms with E-state index in [0.29, 0.717) is 17.2 Å². The maximum atomic E-state index is 14.1. The highest BCUT2D eigenvalue weighted by Gasteiger charge is 2.41. The molecule has 2 aliphatic heterocycles. The predicted molar refractivity (Wildman–Crippen MR) is 188 cm³/mol. The van der Waals surface area contributed by atoms with Crippen LogP contribution in [0, 0.1) is 5.92 Å². The van der Waals surface area contributed by atoms with E-state index in [1.165, 1.54) is 59.1 Å². The van der Waals surface area contributed by atoms with E-state index in [1.54, 1.807) is 6.08 Å². The van der Waals surface area contributed by atoms with E-state index in [4.69, 9.17) is 5.14 Å². The third-order valence-corrected chi connectivity index (χ3v) is 10.6. The minimum absolute atomic E-state index is 0.111. The Morgan fingerprint density at radius 2 is 1.52 bits per heavy atom. The smallest absolute Gasteiger partial charge is 0.294 e. The van der Waals surface area contributed by atoms with Crippen molar-refractivity contribution in [2.45, 2.75) is 49.3 Å². The molecular weight excluding hydrogens is 649 g/mol. The van der Waals surface area contributed by atoms with E-state index in [0.717, 1.165) is 35.1 Å². The Morgan fingerprint density at radius 1 is 0.875 bits per heavy atom. The van der Waals surface area contributed by atoms with Crippen LogP contribution in [-0.4, -0.2) is 39.6 Å². The number of hydrogen-bond donors (Lipinski definition) is 2. The number of anilines is 2. The fourth-order valence-electron chi connectivity index (χ4n) is 6.34. The first-order chi connectivity index (χ1) is 22.6. The van der Waals surface area contributed by atoms with E-state index < -0.39 is 31.5 Å². The maximum Gasteiger partial charge on any atom is 0.294 e. The maximum absolute atomic E-state index is 14.1. The van der Waals surface area contributed by atoms with Crippen molar-refractivity contribution in [2.24, 2.45) is 16.2 Å². The van der Waals surface area contributed by atoms with Crippen molar-refractivity contribution < 1.29 is 26.2 Å². The van der Waals surface area contributed by atoms with Crippen LogP contribution in [0.3, 0.4) is 0 Å². The number of allylic oxidation sites excluding steroid dienone is 3. The minimum atomic E-state index is -4.44. The molecule has 0 atom stereocenters. The summed E-state index contributed by atoms with van der Waals surface area (Å²) in [6, 6.07) is 23.5. The molecule has 12 heteroatoms. The number of primary sulfonamides is 1. The van der Waals surface area contributed by atoms with Gasteiger partial charge in [-0.3, -0.25) is 9.35 Å². The zero-order chi connectivity index (χ0) is 34.6. The number of rotatable bonds is 8. The molecule has 0 saturated carbocycles. The number of hydrazone groups is 1. The minimum Gasteiger partial charge on any atom is -0.344 e. The Bertz CT molecular complexity index is 2260. The van der Waals surface area contributed by atoms with Crippen LogP contribution in [0.25, 0.3) is 10.8 Å². The van der Waals surface area contributed by atoms with E-state index in [1.807, 2.05) is 18.2 Å². The Morgan fingerprint density at radius 3 is 2.15 bits per heavy atom. The van der Waals surface area contributed by atoms with Gasteiger partial charge in [-0.15, -0.1) is 0 Å². The molecule has 10 nitrogen and oxygen atoms in total.